The van der Waals surface area contributed by atoms with Crippen LogP contribution in [0.2, 0.25) is 0 Å². The van der Waals surface area contributed by atoms with Crippen LogP contribution in [0.25, 0.3) is 0 Å². The van der Waals surface area contributed by atoms with Gasteiger partial charge in [0.05, 0.1) is 5.56 Å². The second-order valence-corrected chi connectivity index (χ2v) is 4.22. The first-order valence-electron chi connectivity index (χ1n) is 5.62. The van der Waals surface area contributed by atoms with Crippen LogP contribution in [0, 0.1) is 5.92 Å². The Balaban J connectivity index is 2.76. The van der Waals surface area contributed by atoms with Gasteiger partial charge in [0.15, 0.2) is 0 Å². The zero-order valence-electron chi connectivity index (χ0n) is 10.00. The summed E-state index contributed by atoms with van der Waals surface area (Å²) in [6.07, 6.45) is -3.66. The molecule has 1 N–H and O–H groups in total. The summed E-state index contributed by atoms with van der Waals surface area (Å²) in [5.41, 5.74) is -0.0376. The number of alkyl halides is 3. The zero-order valence-corrected chi connectivity index (χ0v) is 10.00. The fourth-order valence-electron chi connectivity index (χ4n) is 1.72. The number of Topliss-reactive ketones (excluding diaryl/α,β-unsaturated/α-hetero) is 1. The van der Waals surface area contributed by atoms with E-state index in [0.29, 0.717) is 18.4 Å². The van der Waals surface area contributed by atoms with Crippen molar-refractivity contribution in [3.8, 4) is 0 Å². The van der Waals surface area contributed by atoms with Gasteiger partial charge >= 0.3 is 6.18 Å². The van der Waals surface area contributed by atoms with Gasteiger partial charge in [-0.05, 0) is 37.5 Å². The molecule has 0 saturated heterocycles. The van der Waals surface area contributed by atoms with E-state index in [-0.39, 0.29) is 18.3 Å². The quantitative estimate of drug-likeness (QED) is 0.883. The summed E-state index contributed by atoms with van der Waals surface area (Å²) in [6, 6.07) is 4.75. The average molecular weight is 260 g/mol. The molecular weight excluding hydrogens is 245 g/mol. The predicted octanol–water partition coefficient (Wildman–Crippen LogP) is 2.84. The van der Waals surface area contributed by atoms with Gasteiger partial charge in [-0.25, -0.2) is 0 Å². The number of halogens is 3. The highest BCUT2D eigenvalue weighted by Crippen LogP contribution is 2.29. The molecule has 0 fully saturated rings. The third-order valence-electron chi connectivity index (χ3n) is 2.82. The smallest absolute Gasteiger partial charge is 0.396 e. The van der Waals surface area contributed by atoms with Crippen LogP contribution < -0.4 is 0 Å². The first kappa shape index (κ1) is 14.7. The third-order valence-corrected chi connectivity index (χ3v) is 2.82. The highest BCUT2D eigenvalue weighted by Gasteiger charge is 2.30. The summed E-state index contributed by atoms with van der Waals surface area (Å²) >= 11 is 0. The lowest BCUT2D eigenvalue weighted by atomic mass is 9.93. The van der Waals surface area contributed by atoms with Gasteiger partial charge in [-0.1, -0.05) is 12.1 Å². The van der Waals surface area contributed by atoms with Crippen molar-refractivity contribution in [3.05, 3.63) is 35.4 Å². The van der Waals surface area contributed by atoms with Crippen LogP contribution in [0.4, 0.5) is 13.2 Å². The van der Waals surface area contributed by atoms with Gasteiger partial charge in [-0.2, -0.15) is 13.2 Å². The molecule has 0 aliphatic heterocycles. The molecule has 18 heavy (non-hydrogen) atoms. The minimum atomic E-state index is -4.34. The summed E-state index contributed by atoms with van der Waals surface area (Å²) in [5.74, 6) is -0.407. The van der Waals surface area contributed by atoms with Gasteiger partial charge in [-0.3, -0.25) is 4.79 Å². The fourth-order valence-corrected chi connectivity index (χ4v) is 1.72. The molecule has 5 heteroatoms. The third kappa shape index (κ3) is 4.14. The number of rotatable bonds is 5. The highest BCUT2D eigenvalue weighted by atomic mass is 19.4. The zero-order chi connectivity index (χ0) is 13.8. The van der Waals surface area contributed by atoms with Crippen LogP contribution in [0.3, 0.4) is 0 Å². The SMILES string of the molecule is CC(=O)C(CCO)Cc1ccc(C(F)(F)F)cc1. The molecule has 0 aromatic heterocycles. The van der Waals surface area contributed by atoms with Crippen LogP contribution in [0.1, 0.15) is 24.5 Å². The molecule has 1 unspecified atom stereocenters. The Kier molecular flexibility index (Phi) is 4.90. The Labute approximate surface area is 103 Å². The van der Waals surface area contributed by atoms with E-state index in [1.54, 1.807) is 0 Å². The van der Waals surface area contributed by atoms with Crippen molar-refractivity contribution in [1.29, 1.82) is 0 Å². The van der Waals surface area contributed by atoms with Gasteiger partial charge < -0.3 is 5.11 Å². The molecule has 0 bridgehead atoms. The summed E-state index contributed by atoms with van der Waals surface area (Å²) < 4.78 is 37.0. The number of benzene rings is 1. The molecule has 2 nitrogen and oxygen atoms in total. The normalized spacial score (nSPS) is 13.4. The summed E-state index contributed by atoms with van der Waals surface area (Å²) in [7, 11) is 0. The highest BCUT2D eigenvalue weighted by molar-refractivity contribution is 5.78. The van der Waals surface area contributed by atoms with Crippen molar-refractivity contribution < 1.29 is 23.1 Å². The van der Waals surface area contributed by atoms with E-state index >= 15 is 0 Å². The van der Waals surface area contributed by atoms with Crippen molar-refractivity contribution in [1.82, 2.24) is 0 Å². The lowest BCUT2D eigenvalue weighted by Gasteiger charge is -2.13. The molecule has 0 amide bonds. The lowest BCUT2D eigenvalue weighted by molar-refractivity contribution is -0.137. The molecule has 0 radical (unpaired) electrons. The molecule has 0 heterocycles. The maximum atomic E-state index is 12.3. The Hall–Kier alpha value is -1.36. The molecule has 1 aromatic rings. The number of hydrogen-bond donors (Lipinski definition) is 1. The van der Waals surface area contributed by atoms with E-state index in [1.165, 1.54) is 19.1 Å². The summed E-state index contributed by atoms with van der Waals surface area (Å²) in [6.45, 7) is 1.31. The fraction of sp³-hybridized carbons (Fsp3) is 0.462. The van der Waals surface area contributed by atoms with Gasteiger partial charge in [0.2, 0.25) is 0 Å². The predicted molar refractivity (Wildman–Crippen MR) is 61.0 cm³/mol. The van der Waals surface area contributed by atoms with Crippen LogP contribution >= 0.6 is 0 Å². The van der Waals surface area contributed by atoms with Crippen LogP contribution in [0.15, 0.2) is 24.3 Å². The largest absolute Gasteiger partial charge is 0.416 e. The van der Waals surface area contributed by atoms with Crippen molar-refractivity contribution in [2.45, 2.75) is 25.9 Å². The average Bonchev–Trinajstić information content (AvgIpc) is 2.28. The standard InChI is InChI=1S/C13H15F3O2/c1-9(18)11(6-7-17)8-10-2-4-12(5-3-10)13(14,15)16/h2-5,11,17H,6-8H2,1H3. The Morgan fingerprint density at radius 1 is 1.28 bits per heavy atom. The number of carbonyl (C=O) groups excluding carboxylic acids is 1. The van der Waals surface area contributed by atoms with Crippen molar-refractivity contribution in [2.24, 2.45) is 5.92 Å². The van der Waals surface area contributed by atoms with Crippen molar-refractivity contribution in [2.75, 3.05) is 6.61 Å². The Bertz CT molecular complexity index is 396. The molecular formula is C13H15F3O2. The lowest BCUT2D eigenvalue weighted by Crippen LogP contribution is -2.15. The van der Waals surface area contributed by atoms with E-state index in [4.69, 9.17) is 5.11 Å². The molecule has 100 valence electrons. The van der Waals surface area contributed by atoms with E-state index in [9.17, 15) is 18.0 Å². The van der Waals surface area contributed by atoms with Gasteiger partial charge in [0.1, 0.15) is 5.78 Å². The molecule has 1 aromatic carbocycles. The molecule has 0 aliphatic carbocycles. The molecule has 0 spiro atoms. The number of carbonyl (C=O) groups is 1. The minimum Gasteiger partial charge on any atom is -0.396 e. The number of aliphatic hydroxyl groups is 1. The second-order valence-electron chi connectivity index (χ2n) is 4.22. The minimum absolute atomic E-state index is 0.0658. The Morgan fingerprint density at radius 3 is 2.22 bits per heavy atom. The first-order chi connectivity index (χ1) is 8.34. The van der Waals surface area contributed by atoms with E-state index < -0.39 is 11.7 Å². The summed E-state index contributed by atoms with van der Waals surface area (Å²) in [5, 5.41) is 8.81. The number of ketones is 1. The number of hydrogen-bond acceptors (Lipinski definition) is 2. The maximum absolute atomic E-state index is 12.3. The van der Waals surface area contributed by atoms with Crippen LogP contribution in [0.5, 0.6) is 0 Å². The van der Waals surface area contributed by atoms with Crippen molar-refractivity contribution >= 4 is 5.78 Å². The van der Waals surface area contributed by atoms with Crippen LogP contribution in [-0.4, -0.2) is 17.5 Å². The van der Waals surface area contributed by atoms with Crippen LogP contribution in [-0.2, 0) is 17.4 Å². The van der Waals surface area contributed by atoms with E-state index in [1.807, 2.05) is 0 Å². The second kappa shape index (κ2) is 6.00. The van der Waals surface area contributed by atoms with Gasteiger partial charge in [-0.15, -0.1) is 0 Å². The molecule has 1 atom stereocenters. The monoisotopic (exact) mass is 260 g/mol. The summed E-state index contributed by atoms with van der Waals surface area (Å²) in [4.78, 5) is 11.3. The maximum Gasteiger partial charge on any atom is 0.416 e. The van der Waals surface area contributed by atoms with Crippen molar-refractivity contribution in [3.63, 3.8) is 0 Å². The van der Waals surface area contributed by atoms with E-state index in [2.05, 4.69) is 0 Å². The molecule has 1 rings (SSSR count). The van der Waals surface area contributed by atoms with Gasteiger partial charge in [0.25, 0.3) is 0 Å². The molecule has 0 saturated carbocycles. The van der Waals surface area contributed by atoms with Gasteiger partial charge in [0, 0.05) is 12.5 Å². The number of aliphatic hydroxyl groups excluding tert-OH is 1. The van der Waals surface area contributed by atoms with E-state index in [0.717, 1.165) is 12.1 Å². The molecule has 0 aliphatic rings. The Morgan fingerprint density at radius 2 is 1.83 bits per heavy atom. The topological polar surface area (TPSA) is 37.3 Å². The first-order valence-corrected chi connectivity index (χ1v) is 5.62.